The summed E-state index contributed by atoms with van der Waals surface area (Å²) in [6, 6.07) is 63.8. The van der Waals surface area contributed by atoms with Crippen molar-refractivity contribution in [2.75, 3.05) is 125 Å². The Bertz CT molecular complexity index is 6430. The Labute approximate surface area is 846 Å². The molecule has 3 heterocycles. The lowest BCUT2D eigenvalue weighted by Gasteiger charge is -2.23. The van der Waals surface area contributed by atoms with Crippen molar-refractivity contribution < 1.29 is 73.1 Å². The minimum Gasteiger partial charge on any atom is -0.464 e. The van der Waals surface area contributed by atoms with Crippen molar-refractivity contribution in [2.24, 2.45) is 17.3 Å². The van der Waals surface area contributed by atoms with Crippen LogP contribution in [0.15, 0.2) is 200 Å². The highest BCUT2D eigenvalue weighted by Gasteiger charge is 2.30. The summed E-state index contributed by atoms with van der Waals surface area (Å²) in [7, 11) is -6.72. The average molecular weight is 1990 g/mol. The molecule has 6 aliphatic rings. The first-order chi connectivity index (χ1) is 66.8. The number of carbonyl (C=O) groups excluding carboxylic acids is 7. The molecule has 2 unspecified atom stereocenters. The molecule has 6 aromatic carbocycles. The average Bonchev–Trinajstić information content (AvgIpc) is 0.700. The molecule has 0 bridgehead atoms. The number of esters is 2. The fourth-order valence-electron chi connectivity index (χ4n) is 16.7. The van der Waals surface area contributed by atoms with Gasteiger partial charge >= 0.3 is 24.2 Å². The lowest BCUT2D eigenvalue weighted by Crippen LogP contribution is -2.33. The Morgan fingerprint density at radius 1 is 0.437 bits per heavy atom. The molecule has 0 fully saturated rings. The lowest BCUT2D eigenvalue weighted by molar-refractivity contribution is -0.193. The van der Waals surface area contributed by atoms with E-state index in [1.54, 1.807) is 26.0 Å². The van der Waals surface area contributed by atoms with E-state index in [0.29, 0.717) is 60.9 Å². The molecule has 0 saturated carbocycles. The summed E-state index contributed by atoms with van der Waals surface area (Å²) in [6.45, 7) is 50.0. The number of aryl methyl sites for hydroxylation is 2. The van der Waals surface area contributed by atoms with Crippen LogP contribution in [-0.2, 0) is 75.7 Å². The van der Waals surface area contributed by atoms with E-state index in [0.717, 1.165) is 177 Å². The Kier molecular flexibility index (Phi) is 53.0. The fraction of sp³-hybridized carbons (Fsp3) is 0.440. The van der Waals surface area contributed by atoms with E-state index in [-0.39, 0.29) is 83.2 Å². The van der Waals surface area contributed by atoms with E-state index in [4.69, 9.17) is 41.9 Å². The molecule has 3 aliphatic carbocycles. The van der Waals surface area contributed by atoms with Gasteiger partial charge in [0.1, 0.15) is 80.0 Å². The number of carbonyl (C=O) groups is 3. The number of ether oxygens (including phenoxy) is 2. The van der Waals surface area contributed by atoms with Crippen LogP contribution >= 0.6 is 0 Å². The summed E-state index contributed by atoms with van der Waals surface area (Å²) in [4.78, 5) is 73.3. The Balaban J connectivity index is 0.000000401. The van der Waals surface area contributed by atoms with E-state index in [1.807, 2.05) is 65.0 Å². The maximum Gasteiger partial charge on any atom is 0.373 e. The SMILES string of the molecule is CCC(C)(C)C(=O)OCCNS(C)(=O)=O.CCCCCS(=O)(=O)c1ccccc1-c1c2ccc(=[N+](CC)CCOC(=O)C(C)CC)cc-2oc2cc(N(CC)CC)ccc12.CCCCc1ccccc1-c1c2ccc(=[N+](CC)CC)cc-2oc2cc(N(CC)CC)ccc12.CCCCc1ccccc1-c1c2ccc(=[N+](CC)CC)cc-2oc2cc(NCCNC(=O)C(C)CC)ccc12.O=C=O.O=C=O.[CH3-].[CH3-].[CH3-]. The van der Waals surface area contributed by atoms with Crippen LogP contribution in [0.5, 0.6) is 0 Å². The van der Waals surface area contributed by atoms with E-state index in [1.165, 1.54) is 80.0 Å². The Hall–Kier alpha value is -12.2. The maximum atomic E-state index is 13.7. The topological polar surface area (TPSA) is 297 Å². The highest BCUT2D eigenvalue weighted by molar-refractivity contribution is 7.91. The highest BCUT2D eigenvalue weighted by Crippen LogP contribution is 2.47. The monoisotopic (exact) mass is 1990 g/mol. The largest absolute Gasteiger partial charge is 0.464 e. The number of sulfone groups is 1. The first-order valence-electron chi connectivity index (χ1n) is 49.9. The third-order valence-corrected chi connectivity index (χ3v) is 28.2. The third-order valence-electron chi connectivity index (χ3n) is 25.6. The molecule has 12 rings (SSSR count). The second-order valence-electron chi connectivity index (χ2n) is 35.1. The molecule has 3 aliphatic heterocycles. The Morgan fingerprint density at radius 3 is 1.25 bits per heavy atom. The normalized spacial score (nSPS) is 11.6. The molecule has 142 heavy (non-hydrogen) atoms. The van der Waals surface area contributed by atoms with Crippen molar-refractivity contribution in [3.05, 3.63) is 231 Å². The molecule has 1 amide bonds. The molecule has 3 N–H and O–H groups in total. The van der Waals surface area contributed by atoms with Crippen LogP contribution in [0, 0.1) is 39.5 Å². The highest BCUT2D eigenvalue weighted by atomic mass is 32.2. The van der Waals surface area contributed by atoms with Gasteiger partial charge in [0.15, 0.2) is 16.4 Å². The molecule has 26 heteroatoms. The minimum atomic E-state index is -3.52. The third kappa shape index (κ3) is 33.7. The summed E-state index contributed by atoms with van der Waals surface area (Å²) >= 11 is 0. The molecular formula is C116H160N8O16S2. The number of amides is 1. The van der Waals surface area contributed by atoms with Gasteiger partial charge in [-0.3, -0.25) is 14.4 Å². The molecule has 24 nitrogen and oxygen atoms in total. The van der Waals surface area contributed by atoms with Crippen molar-refractivity contribution in [2.45, 2.75) is 213 Å². The molecule has 0 radical (unpaired) electrons. The standard InChI is InChI=1S/C37H49N2O5S.C34H43N3O2.C31H39N2O.C9H19NO4S.2CO2.3CH3/c1-7-12-15-24-45(41,42)35-17-14-13-16-32(35)36-30-20-18-28(38(9-3)10-4)25-33(30)44-34-26-29(19-21-31(34)36)39(11-5)22-23-43-37(40)27(6)8-2;1-6-10-13-25-14-11-12-15-28(25)33-29-18-16-26(35-20-21-36-34(38)24(5)7-2)22-31(29)39-32-23-27(17-19-30(32)33)37(8-3)9-4;1-6-11-14-23-15-12-13-16-26(23)31-27-19-17-24(32(7-2)8-3)21-29(27)34-30-22-25(18-20-28(30)31)33(9-4)10-5;1-5-9(2,3)8(11)14-7-6-10-15(4,12)13;2*2-1-3;;;/h13-14,16-21,25-27H,7-12,15,22-24H2,1-6H3;11-12,14-19,22-24H,6-10,13,20-21H2,1-5H3,(H,36,38);12-13,15-22H,6-11,14H2,1-5H3;10H,5-7H2,1-4H3;;;3*1H3/q+1;;+1;;;;3*-1/p+1. The van der Waals surface area contributed by atoms with Gasteiger partial charge in [-0.05, 0) is 210 Å². The van der Waals surface area contributed by atoms with E-state index in [2.05, 4.69) is 261 Å². The van der Waals surface area contributed by atoms with Crippen LogP contribution in [0.1, 0.15) is 207 Å². The minimum absolute atomic E-state index is 0. The molecular weight excluding hydrogens is 1830 g/mol. The summed E-state index contributed by atoms with van der Waals surface area (Å²) in [5, 5.41) is 13.0. The number of unbranched alkanes of at least 4 members (excludes halogenated alkanes) is 4. The number of nitrogens with one attached hydrogen (secondary N) is 3. The van der Waals surface area contributed by atoms with E-state index in [9.17, 15) is 31.2 Å². The van der Waals surface area contributed by atoms with Gasteiger partial charge in [0.2, 0.25) is 32.0 Å². The molecule has 6 aromatic rings. The van der Waals surface area contributed by atoms with Crippen molar-refractivity contribution in [1.82, 2.24) is 23.8 Å². The number of fused-ring (bicyclic) bond motifs is 6. The zero-order chi connectivity index (χ0) is 102. The van der Waals surface area contributed by atoms with Gasteiger partial charge in [-0.2, -0.15) is 19.2 Å². The molecule has 772 valence electrons. The van der Waals surface area contributed by atoms with Gasteiger partial charge in [0.05, 0.1) is 46.4 Å². The van der Waals surface area contributed by atoms with Crippen LogP contribution < -0.4 is 55.0 Å². The van der Waals surface area contributed by atoms with Crippen LogP contribution in [0.2, 0.25) is 0 Å². The predicted molar refractivity (Wildman–Crippen MR) is 583 cm³/mol. The summed E-state index contributed by atoms with van der Waals surface area (Å²) in [5.41, 5.74) is 17.9. The second-order valence-corrected chi connectivity index (χ2v) is 39.0. The summed E-state index contributed by atoms with van der Waals surface area (Å²) in [5.74, 6) is 2.18. The van der Waals surface area contributed by atoms with Gasteiger partial charge in [-0.25, -0.2) is 35.3 Å². The molecule has 2 atom stereocenters. The number of hydrogen-bond donors (Lipinski definition) is 3. The van der Waals surface area contributed by atoms with Gasteiger partial charge in [-0.15, -0.1) is 0 Å². The smallest absolute Gasteiger partial charge is 0.373 e. The number of sulfonamides is 1. The first-order valence-corrected chi connectivity index (χ1v) is 53.4. The van der Waals surface area contributed by atoms with Crippen LogP contribution in [0.3, 0.4) is 0 Å². The quantitative estimate of drug-likeness (QED) is 0.0105. The van der Waals surface area contributed by atoms with Crippen molar-refractivity contribution >= 4 is 100.0 Å². The predicted octanol–water partition coefficient (Wildman–Crippen LogP) is 22.2. The van der Waals surface area contributed by atoms with Gasteiger partial charge in [0.25, 0.3) is 0 Å². The Morgan fingerprint density at radius 2 is 0.838 bits per heavy atom. The zero-order valence-corrected chi connectivity index (χ0v) is 90.5. The second kappa shape index (κ2) is 61.6. The van der Waals surface area contributed by atoms with Gasteiger partial charge < -0.3 is 65.4 Å². The van der Waals surface area contributed by atoms with Crippen LogP contribution in [0.4, 0.5) is 17.1 Å². The van der Waals surface area contributed by atoms with Crippen molar-refractivity contribution in [3.8, 4) is 67.4 Å². The first kappa shape index (κ1) is 122. The number of hydrogen-bond acceptors (Lipinski definition) is 19. The number of benzene rings is 9. The zero-order valence-electron chi connectivity index (χ0n) is 88.9. The van der Waals surface area contributed by atoms with Crippen LogP contribution in [-0.4, -0.2) is 157 Å². The van der Waals surface area contributed by atoms with Gasteiger partial charge in [0, 0.05) is 160 Å². The maximum absolute atomic E-state index is 13.7. The van der Waals surface area contributed by atoms with Crippen LogP contribution in [0.25, 0.3) is 100 Å². The summed E-state index contributed by atoms with van der Waals surface area (Å²) in [6.07, 6.45) is 13.2. The van der Waals surface area contributed by atoms with Crippen molar-refractivity contribution in [1.29, 1.82) is 0 Å². The number of likely N-dealkylation sites (N-methyl/N-ethyl adjacent to an activating group) is 1. The number of rotatable bonds is 42. The van der Waals surface area contributed by atoms with Crippen molar-refractivity contribution in [3.63, 3.8) is 0 Å². The fourth-order valence-corrected chi connectivity index (χ4v) is 18.8. The summed E-state index contributed by atoms with van der Waals surface area (Å²) < 4.78 is 88.2. The van der Waals surface area contributed by atoms with E-state index >= 15 is 0 Å². The number of anilines is 3. The molecule has 0 aromatic heterocycles. The molecule has 0 spiro atoms. The van der Waals surface area contributed by atoms with E-state index < -0.39 is 25.3 Å². The van der Waals surface area contributed by atoms with Gasteiger partial charge in [-0.1, -0.05) is 148 Å². The number of nitrogens with zero attached hydrogens (tertiary/aromatic N) is 5. The lowest BCUT2D eigenvalue weighted by atomic mass is 9.89. The molecule has 0 saturated heterocycles.